The van der Waals surface area contributed by atoms with E-state index in [4.69, 9.17) is 9.84 Å². The lowest BCUT2D eigenvalue weighted by Gasteiger charge is -2.20. The summed E-state index contributed by atoms with van der Waals surface area (Å²) in [5, 5.41) is 11.9. The third kappa shape index (κ3) is 3.19. The van der Waals surface area contributed by atoms with Gasteiger partial charge in [-0.05, 0) is 61.1 Å². The fourth-order valence-electron chi connectivity index (χ4n) is 4.02. The highest BCUT2D eigenvalue weighted by Crippen LogP contribution is 2.37. The molecule has 1 atom stereocenters. The highest BCUT2D eigenvalue weighted by atomic mass is 16.5. The number of carboxylic acids is 1. The van der Waals surface area contributed by atoms with Crippen LogP contribution in [0.5, 0.6) is 0 Å². The molecule has 1 aromatic carbocycles. The molecule has 2 heterocycles. The van der Waals surface area contributed by atoms with Gasteiger partial charge in [0.1, 0.15) is 0 Å². The number of aromatic amines is 1. The van der Waals surface area contributed by atoms with Gasteiger partial charge in [0.2, 0.25) is 0 Å². The summed E-state index contributed by atoms with van der Waals surface area (Å²) in [5.41, 5.74) is 4.91. The van der Waals surface area contributed by atoms with Crippen LogP contribution >= 0.6 is 0 Å². The van der Waals surface area contributed by atoms with Crippen LogP contribution in [0, 0.1) is 0 Å². The number of benzene rings is 1. The maximum Gasteiger partial charge on any atom is 0.337 e. The maximum atomic E-state index is 12.5. The van der Waals surface area contributed by atoms with Crippen LogP contribution in [0.15, 0.2) is 24.3 Å². The number of carbonyl (C=O) groups is 3. The number of hydrogen-bond donors (Lipinski definition) is 3. The molecule has 1 unspecified atom stereocenters. The van der Waals surface area contributed by atoms with Crippen molar-refractivity contribution in [3.8, 4) is 0 Å². The second-order valence-corrected chi connectivity index (χ2v) is 7.11. The summed E-state index contributed by atoms with van der Waals surface area (Å²) in [5.74, 6) is -1.53. The van der Waals surface area contributed by atoms with E-state index in [9.17, 15) is 14.4 Å². The van der Waals surface area contributed by atoms with E-state index < -0.39 is 11.9 Å². The smallest absolute Gasteiger partial charge is 0.337 e. The normalized spacial score (nSPS) is 19.1. The molecular formula is C21H20N2O5. The lowest BCUT2D eigenvalue weighted by molar-refractivity contribution is -0.137. The molecule has 7 nitrogen and oxygen atoms in total. The molecule has 0 spiro atoms. The summed E-state index contributed by atoms with van der Waals surface area (Å²) in [4.78, 5) is 38.7. The molecule has 28 heavy (non-hydrogen) atoms. The van der Waals surface area contributed by atoms with Gasteiger partial charge in [-0.1, -0.05) is 0 Å². The molecule has 0 saturated carbocycles. The van der Waals surface area contributed by atoms with Crippen LogP contribution in [0.4, 0.5) is 5.69 Å². The zero-order valence-electron chi connectivity index (χ0n) is 15.4. The van der Waals surface area contributed by atoms with Crippen molar-refractivity contribution >= 4 is 35.2 Å². The summed E-state index contributed by atoms with van der Waals surface area (Å²) < 4.78 is 4.76. The topological polar surface area (TPSA) is 108 Å². The first-order valence-electron chi connectivity index (χ1n) is 9.15. The van der Waals surface area contributed by atoms with Crippen LogP contribution in [0.2, 0.25) is 0 Å². The third-order valence-electron chi connectivity index (χ3n) is 5.32. The van der Waals surface area contributed by atoms with Gasteiger partial charge in [-0.25, -0.2) is 4.79 Å². The SMILES string of the molecule is COC(=O)c1ccc2c(c1)C(=Cc1cc3c([nH]1)CCCC3CC(=O)O)C(=O)N2. The monoisotopic (exact) mass is 380 g/mol. The predicted molar refractivity (Wildman–Crippen MR) is 103 cm³/mol. The van der Waals surface area contributed by atoms with E-state index in [1.165, 1.54) is 7.11 Å². The van der Waals surface area contributed by atoms with Gasteiger partial charge in [-0.2, -0.15) is 0 Å². The minimum absolute atomic E-state index is 0.0136. The highest BCUT2D eigenvalue weighted by molar-refractivity contribution is 6.35. The summed E-state index contributed by atoms with van der Waals surface area (Å²) in [7, 11) is 1.31. The minimum atomic E-state index is -0.807. The predicted octanol–water partition coefficient (Wildman–Crippen LogP) is 3.19. The zero-order valence-corrected chi connectivity index (χ0v) is 15.4. The van der Waals surface area contributed by atoms with Crippen molar-refractivity contribution in [1.29, 1.82) is 0 Å². The Morgan fingerprint density at radius 2 is 2.14 bits per heavy atom. The van der Waals surface area contributed by atoms with E-state index in [0.29, 0.717) is 22.4 Å². The maximum absolute atomic E-state index is 12.5. The fourth-order valence-corrected chi connectivity index (χ4v) is 4.02. The van der Waals surface area contributed by atoms with Crippen molar-refractivity contribution in [2.75, 3.05) is 12.4 Å². The number of ether oxygens (including phenoxy) is 1. The van der Waals surface area contributed by atoms with Gasteiger partial charge in [0.05, 0.1) is 24.7 Å². The van der Waals surface area contributed by atoms with Gasteiger partial charge in [0, 0.05) is 22.6 Å². The van der Waals surface area contributed by atoms with Crippen LogP contribution in [0.25, 0.3) is 11.6 Å². The van der Waals surface area contributed by atoms with Gasteiger partial charge >= 0.3 is 11.9 Å². The largest absolute Gasteiger partial charge is 0.481 e. The Morgan fingerprint density at radius 3 is 2.89 bits per heavy atom. The number of amides is 1. The van der Waals surface area contributed by atoms with Gasteiger partial charge < -0.3 is 20.1 Å². The number of carbonyl (C=O) groups excluding carboxylic acids is 2. The molecule has 0 bridgehead atoms. The van der Waals surface area contributed by atoms with Crippen molar-refractivity contribution < 1.29 is 24.2 Å². The first-order valence-corrected chi connectivity index (χ1v) is 9.15. The number of H-pyrrole nitrogens is 1. The van der Waals surface area contributed by atoms with Crippen molar-refractivity contribution in [2.45, 2.75) is 31.6 Å². The van der Waals surface area contributed by atoms with Crippen LogP contribution in [-0.4, -0.2) is 35.0 Å². The van der Waals surface area contributed by atoms with E-state index in [0.717, 1.165) is 36.2 Å². The van der Waals surface area contributed by atoms with E-state index in [2.05, 4.69) is 10.3 Å². The number of esters is 1. The van der Waals surface area contributed by atoms with E-state index >= 15 is 0 Å². The standard InChI is InChI=1S/C21H20N2O5/c1-28-21(27)12-5-6-18-15(7-12)16(20(26)23-18)10-13-9-14-11(8-19(24)25)3-2-4-17(14)22-13/h5-7,9-11,22H,2-4,8H2,1H3,(H,23,26)(H,24,25). The molecule has 0 fully saturated rings. The van der Waals surface area contributed by atoms with Crippen LogP contribution < -0.4 is 5.32 Å². The average Bonchev–Trinajstić information content (AvgIpc) is 3.22. The van der Waals surface area contributed by atoms with Crippen LogP contribution in [0.1, 0.15) is 58.1 Å². The minimum Gasteiger partial charge on any atom is -0.481 e. The number of rotatable bonds is 4. The number of aryl methyl sites for hydroxylation is 1. The lowest BCUT2D eigenvalue weighted by atomic mass is 9.85. The van der Waals surface area contributed by atoms with Gasteiger partial charge in [-0.15, -0.1) is 0 Å². The molecule has 1 aromatic heterocycles. The van der Waals surface area contributed by atoms with Gasteiger partial charge in [0.15, 0.2) is 0 Å². The summed E-state index contributed by atoms with van der Waals surface area (Å²) in [6, 6.07) is 6.87. The molecule has 4 rings (SSSR count). The molecule has 144 valence electrons. The Kier molecular flexibility index (Phi) is 4.50. The molecule has 2 aromatic rings. The van der Waals surface area contributed by atoms with Crippen molar-refractivity contribution in [2.24, 2.45) is 0 Å². The van der Waals surface area contributed by atoms with Crippen molar-refractivity contribution in [3.05, 3.63) is 52.3 Å². The van der Waals surface area contributed by atoms with E-state index in [1.807, 2.05) is 6.07 Å². The Balaban J connectivity index is 1.71. The Labute approximate surface area is 161 Å². The van der Waals surface area contributed by atoms with E-state index in [1.54, 1.807) is 24.3 Å². The number of nitrogens with one attached hydrogen (secondary N) is 2. The first-order chi connectivity index (χ1) is 13.5. The summed E-state index contributed by atoms with van der Waals surface area (Å²) in [6.07, 6.45) is 4.50. The second-order valence-electron chi connectivity index (χ2n) is 7.11. The first kappa shape index (κ1) is 18.0. The van der Waals surface area contributed by atoms with Crippen molar-refractivity contribution in [1.82, 2.24) is 4.98 Å². The fraction of sp³-hybridized carbons (Fsp3) is 0.286. The summed E-state index contributed by atoms with van der Waals surface area (Å²) in [6.45, 7) is 0. The average molecular weight is 380 g/mol. The lowest BCUT2D eigenvalue weighted by Crippen LogP contribution is -2.12. The zero-order chi connectivity index (χ0) is 19.8. The molecule has 0 saturated heterocycles. The Hall–Kier alpha value is -3.35. The van der Waals surface area contributed by atoms with Crippen LogP contribution in [-0.2, 0) is 20.7 Å². The Morgan fingerprint density at radius 1 is 1.32 bits per heavy atom. The quantitative estimate of drug-likeness (QED) is 0.558. The molecule has 1 aliphatic carbocycles. The van der Waals surface area contributed by atoms with Gasteiger partial charge in [-0.3, -0.25) is 9.59 Å². The molecular weight excluding hydrogens is 360 g/mol. The number of aromatic nitrogens is 1. The Bertz CT molecular complexity index is 1020. The molecule has 7 heteroatoms. The molecule has 3 N–H and O–H groups in total. The summed E-state index contributed by atoms with van der Waals surface area (Å²) >= 11 is 0. The van der Waals surface area contributed by atoms with Crippen molar-refractivity contribution in [3.63, 3.8) is 0 Å². The van der Waals surface area contributed by atoms with E-state index in [-0.39, 0.29) is 18.2 Å². The molecule has 0 radical (unpaired) electrons. The number of carboxylic acid groups (broad SMARTS) is 1. The third-order valence-corrected chi connectivity index (χ3v) is 5.32. The van der Waals surface area contributed by atoms with Crippen LogP contribution in [0.3, 0.4) is 0 Å². The number of methoxy groups -OCH3 is 1. The molecule has 1 amide bonds. The highest BCUT2D eigenvalue weighted by Gasteiger charge is 2.27. The number of hydrogen-bond acceptors (Lipinski definition) is 4. The second kappa shape index (κ2) is 6.99. The number of fused-ring (bicyclic) bond motifs is 2. The molecule has 2 aliphatic rings. The number of aliphatic carboxylic acids is 1. The molecule has 1 aliphatic heterocycles. The number of anilines is 1. The van der Waals surface area contributed by atoms with Gasteiger partial charge in [0.25, 0.3) is 5.91 Å².